The number of nitrogens with one attached hydrogen (secondary N) is 1. The van der Waals surface area contributed by atoms with Crippen molar-refractivity contribution in [2.45, 2.75) is 24.1 Å². The SMILES string of the molecule is COc1cnn(C)c1C1CCC(S(N)(=O)=O)CN1. The molecule has 0 aromatic carbocycles. The van der Waals surface area contributed by atoms with E-state index in [1.165, 1.54) is 0 Å². The zero-order valence-corrected chi connectivity index (χ0v) is 11.3. The molecule has 0 saturated carbocycles. The van der Waals surface area contributed by atoms with E-state index in [0.717, 1.165) is 5.69 Å². The van der Waals surface area contributed by atoms with Gasteiger partial charge in [-0.15, -0.1) is 0 Å². The van der Waals surface area contributed by atoms with E-state index in [-0.39, 0.29) is 6.04 Å². The molecule has 1 fully saturated rings. The Labute approximate surface area is 106 Å². The zero-order chi connectivity index (χ0) is 13.3. The fourth-order valence-electron chi connectivity index (χ4n) is 2.33. The van der Waals surface area contributed by atoms with Crippen molar-refractivity contribution in [2.75, 3.05) is 13.7 Å². The number of primary sulfonamides is 1. The zero-order valence-electron chi connectivity index (χ0n) is 10.5. The third kappa shape index (κ3) is 2.50. The topological polar surface area (TPSA) is 99.2 Å². The van der Waals surface area contributed by atoms with E-state index in [1.807, 2.05) is 7.05 Å². The number of aryl methyl sites for hydroxylation is 1. The first-order valence-electron chi connectivity index (χ1n) is 5.74. The van der Waals surface area contributed by atoms with Gasteiger partial charge in [0.1, 0.15) is 0 Å². The molecule has 102 valence electrons. The van der Waals surface area contributed by atoms with Crippen LogP contribution in [0.25, 0.3) is 0 Å². The van der Waals surface area contributed by atoms with Gasteiger partial charge in [0.2, 0.25) is 10.0 Å². The molecule has 3 N–H and O–H groups in total. The first-order valence-corrected chi connectivity index (χ1v) is 7.35. The minimum atomic E-state index is -3.46. The third-order valence-electron chi connectivity index (χ3n) is 3.33. The maximum Gasteiger partial charge on any atom is 0.213 e. The van der Waals surface area contributed by atoms with Crippen LogP contribution in [0, 0.1) is 0 Å². The highest BCUT2D eigenvalue weighted by Gasteiger charge is 2.31. The van der Waals surface area contributed by atoms with Crippen molar-refractivity contribution < 1.29 is 13.2 Å². The van der Waals surface area contributed by atoms with Crippen LogP contribution in [-0.2, 0) is 17.1 Å². The molecule has 1 aliphatic heterocycles. The number of sulfonamides is 1. The number of methoxy groups -OCH3 is 1. The molecule has 1 aliphatic rings. The quantitative estimate of drug-likeness (QED) is 0.775. The molecule has 0 bridgehead atoms. The summed E-state index contributed by atoms with van der Waals surface area (Å²) >= 11 is 0. The molecular formula is C10H18N4O3S. The molecule has 8 heteroatoms. The molecular weight excluding hydrogens is 256 g/mol. The number of nitrogens with two attached hydrogens (primary N) is 1. The molecule has 2 rings (SSSR count). The average Bonchev–Trinajstić information content (AvgIpc) is 2.69. The molecule has 0 radical (unpaired) electrons. The van der Waals surface area contributed by atoms with Gasteiger partial charge in [0, 0.05) is 13.6 Å². The lowest BCUT2D eigenvalue weighted by Crippen LogP contribution is -2.43. The summed E-state index contributed by atoms with van der Waals surface area (Å²) in [4.78, 5) is 0. The van der Waals surface area contributed by atoms with Gasteiger partial charge in [-0.05, 0) is 12.8 Å². The number of aromatic nitrogens is 2. The Morgan fingerprint density at radius 3 is 2.78 bits per heavy atom. The van der Waals surface area contributed by atoms with Gasteiger partial charge in [0.25, 0.3) is 0 Å². The van der Waals surface area contributed by atoms with Gasteiger partial charge >= 0.3 is 0 Å². The van der Waals surface area contributed by atoms with Crippen molar-refractivity contribution in [3.63, 3.8) is 0 Å². The van der Waals surface area contributed by atoms with Crippen LogP contribution in [-0.4, -0.2) is 37.1 Å². The molecule has 0 amide bonds. The number of nitrogens with zero attached hydrogens (tertiary/aromatic N) is 2. The molecule has 2 atom stereocenters. The third-order valence-corrected chi connectivity index (χ3v) is 4.66. The molecule has 7 nitrogen and oxygen atoms in total. The van der Waals surface area contributed by atoms with Crippen molar-refractivity contribution in [1.29, 1.82) is 0 Å². The molecule has 1 saturated heterocycles. The Bertz CT molecular complexity index is 517. The number of hydrogen-bond donors (Lipinski definition) is 2. The monoisotopic (exact) mass is 274 g/mol. The summed E-state index contributed by atoms with van der Waals surface area (Å²) in [7, 11) is -0.0278. The van der Waals surface area contributed by atoms with Gasteiger partial charge in [-0.3, -0.25) is 4.68 Å². The largest absolute Gasteiger partial charge is 0.493 e. The minimum absolute atomic E-state index is 0.0467. The molecule has 2 unspecified atom stereocenters. The Morgan fingerprint density at radius 1 is 1.56 bits per heavy atom. The van der Waals surface area contributed by atoms with Crippen LogP contribution in [0.1, 0.15) is 24.6 Å². The smallest absolute Gasteiger partial charge is 0.213 e. The Balaban J connectivity index is 2.12. The lowest BCUT2D eigenvalue weighted by atomic mass is 10.0. The fraction of sp³-hybridized carbons (Fsp3) is 0.700. The van der Waals surface area contributed by atoms with Gasteiger partial charge in [-0.2, -0.15) is 5.10 Å². The van der Waals surface area contributed by atoms with E-state index in [1.54, 1.807) is 18.0 Å². The highest BCUT2D eigenvalue weighted by molar-refractivity contribution is 7.89. The highest BCUT2D eigenvalue weighted by Crippen LogP contribution is 2.30. The predicted octanol–water partition coefficient (Wildman–Crippen LogP) is -0.490. The fourth-order valence-corrected chi connectivity index (χ4v) is 3.12. The van der Waals surface area contributed by atoms with Gasteiger partial charge in [0.05, 0.1) is 30.3 Å². The van der Waals surface area contributed by atoms with Gasteiger partial charge in [0.15, 0.2) is 5.75 Å². The van der Waals surface area contributed by atoms with Crippen molar-refractivity contribution in [3.8, 4) is 5.75 Å². The van der Waals surface area contributed by atoms with Crippen molar-refractivity contribution in [2.24, 2.45) is 12.2 Å². The lowest BCUT2D eigenvalue weighted by Gasteiger charge is -2.29. The number of ether oxygens (including phenoxy) is 1. The van der Waals surface area contributed by atoms with Gasteiger partial charge in [-0.25, -0.2) is 13.6 Å². The number of piperidine rings is 1. The summed E-state index contributed by atoms with van der Waals surface area (Å²) in [6.45, 7) is 0.359. The number of hydrogen-bond acceptors (Lipinski definition) is 5. The van der Waals surface area contributed by atoms with E-state index in [2.05, 4.69) is 10.4 Å². The van der Waals surface area contributed by atoms with Gasteiger partial charge < -0.3 is 10.1 Å². The van der Waals surface area contributed by atoms with Crippen LogP contribution in [0.2, 0.25) is 0 Å². The standard InChI is InChI=1S/C10H18N4O3S/c1-14-10(9(17-2)6-13-14)8-4-3-7(5-12-8)18(11,15)16/h6-8,12H,3-5H2,1-2H3,(H2,11,15,16). The van der Waals surface area contributed by atoms with Crippen molar-refractivity contribution in [3.05, 3.63) is 11.9 Å². The van der Waals surface area contributed by atoms with E-state index in [0.29, 0.717) is 25.1 Å². The Morgan fingerprint density at radius 2 is 2.28 bits per heavy atom. The van der Waals surface area contributed by atoms with Crippen LogP contribution in [0.4, 0.5) is 0 Å². The van der Waals surface area contributed by atoms with E-state index >= 15 is 0 Å². The maximum absolute atomic E-state index is 11.3. The van der Waals surface area contributed by atoms with Crippen LogP contribution < -0.4 is 15.2 Å². The molecule has 1 aromatic rings. The van der Waals surface area contributed by atoms with Crippen LogP contribution >= 0.6 is 0 Å². The molecule has 1 aromatic heterocycles. The Hall–Kier alpha value is -1.12. The second kappa shape index (κ2) is 4.87. The first kappa shape index (κ1) is 13.3. The second-order valence-corrected chi connectivity index (χ2v) is 6.32. The van der Waals surface area contributed by atoms with Gasteiger partial charge in [-0.1, -0.05) is 0 Å². The van der Waals surface area contributed by atoms with Crippen LogP contribution in [0.5, 0.6) is 5.75 Å². The average molecular weight is 274 g/mol. The molecule has 0 aliphatic carbocycles. The van der Waals surface area contributed by atoms with Crippen LogP contribution in [0.15, 0.2) is 6.20 Å². The predicted molar refractivity (Wildman–Crippen MR) is 66.6 cm³/mol. The summed E-state index contributed by atoms with van der Waals surface area (Å²) in [6, 6.07) is 0.0467. The molecule has 2 heterocycles. The number of rotatable bonds is 3. The summed E-state index contributed by atoms with van der Waals surface area (Å²) in [5.41, 5.74) is 0.936. The Kier molecular flexibility index (Phi) is 3.60. The molecule has 18 heavy (non-hydrogen) atoms. The van der Waals surface area contributed by atoms with Crippen molar-refractivity contribution >= 4 is 10.0 Å². The first-order chi connectivity index (χ1) is 8.43. The summed E-state index contributed by atoms with van der Waals surface area (Å²) in [5, 5.41) is 12.0. The lowest BCUT2D eigenvalue weighted by molar-refractivity contribution is 0.361. The van der Waals surface area contributed by atoms with Crippen LogP contribution in [0.3, 0.4) is 0 Å². The van der Waals surface area contributed by atoms with E-state index in [4.69, 9.17) is 9.88 Å². The highest BCUT2D eigenvalue weighted by atomic mass is 32.2. The van der Waals surface area contributed by atoms with E-state index < -0.39 is 15.3 Å². The normalized spacial score (nSPS) is 25.1. The maximum atomic E-state index is 11.3. The van der Waals surface area contributed by atoms with Crippen molar-refractivity contribution in [1.82, 2.24) is 15.1 Å². The minimum Gasteiger partial charge on any atom is -0.493 e. The summed E-state index contributed by atoms with van der Waals surface area (Å²) in [6.07, 6.45) is 2.89. The second-order valence-electron chi connectivity index (χ2n) is 4.47. The molecule has 0 spiro atoms. The van der Waals surface area contributed by atoms with E-state index in [9.17, 15) is 8.42 Å². The summed E-state index contributed by atoms with van der Waals surface area (Å²) < 4.78 is 29.5. The summed E-state index contributed by atoms with van der Waals surface area (Å²) in [5.74, 6) is 0.712.